The molecule has 0 atom stereocenters. The molecular weight excluding hydrogens is 228 g/mol. The van der Waals surface area contributed by atoms with Gasteiger partial charge in [0.15, 0.2) is 0 Å². The van der Waals surface area contributed by atoms with Crippen LogP contribution in [0, 0.1) is 0 Å². The molecule has 0 bridgehead atoms. The number of halogens is 1. The Morgan fingerprint density at radius 2 is 2.23 bits per heavy atom. The van der Waals surface area contributed by atoms with Crippen LogP contribution in [0.5, 0.6) is 0 Å². The van der Waals surface area contributed by atoms with Gasteiger partial charge >= 0.3 is 0 Å². The molecule has 0 radical (unpaired) electrons. The van der Waals surface area contributed by atoms with Crippen molar-refractivity contribution in [1.82, 2.24) is 9.55 Å². The molecule has 1 fully saturated rings. The van der Waals surface area contributed by atoms with E-state index in [1.54, 1.807) is 0 Å². The van der Waals surface area contributed by atoms with Crippen molar-refractivity contribution in [1.29, 1.82) is 0 Å². The summed E-state index contributed by atoms with van der Waals surface area (Å²) >= 11 is 3.54. The molecule has 0 aromatic carbocycles. The number of hydrogen-bond acceptors (Lipinski definition) is 1. The van der Waals surface area contributed by atoms with Crippen LogP contribution in [0.2, 0.25) is 0 Å². The number of nitrogens with zero attached hydrogens (tertiary/aromatic N) is 2. The van der Waals surface area contributed by atoms with Crippen LogP contribution in [0.15, 0.2) is 29.1 Å². The third-order valence-electron chi connectivity index (χ3n) is 2.51. The maximum Gasteiger partial charge on any atom is 0.0658 e. The van der Waals surface area contributed by atoms with Gasteiger partial charge in [0.25, 0.3) is 0 Å². The number of aromatic nitrogens is 2. The Labute approximate surface area is 84.7 Å². The van der Waals surface area contributed by atoms with Gasteiger partial charge in [-0.3, -0.25) is 4.98 Å². The molecule has 2 heterocycles. The highest BCUT2D eigenvalue weighted by atomic mass is 79.9. The van der Waals surface area contributed by atoms with Gasteiger partial charge in [0, 0.05) is 30.0 Å². The van der Waals surface area contributed by atoms with Crippen LogP contribution >= 0.6 is 15.9 Å². The summed E-state index contributed by atoms with van der Waals surface area (Å²) in [6, 6.07) is 2.86. The van der Waals surface area contributed by atoms with Crippen LogP contribution < -0.4 is 0 Å². The molecule has 1 aliphatic carbocycles. The van der Waals surface area contributed by atoms with Gasteiger partial charge in [-0.15, -0.1) is 0 Å². The summed E-state index contributed by atoms with van der Waals surface area (Å²) < 4.78 is 3.45. The normalized spacial score (nSPS) is 16.7. The lowest BCUT2D eigenvalue weighted by Crippen LogP contribution is -1.91. The zero-order valence-corrected chi connectivity index (χ0v) is 8.66. The van der Waals surface area contributed by atoms with Gasteiger partial charge in [0.05, 0.1) is 9.99 Å². The molecule has 0 aliphatic heterocycles. The summed E-state index contributed by atoms with van der Waals surface area (Å²) in [5.74, 6) is 0. The third kappa shape index (κ3) is 1.10. The highest BCUT2D eigenvalue weighted by Crippen LogP contribution is 2.39. The van der Waals surface area contributed by atoms with Crippen LogP contribution in [-0.4, -0.2) is 9.55 Å². The van der Waals surface area contributed by atoms with E-state index in [1.165, 1.54) is 23.7 Å². The van der Waals surface area contributed by atoms with Gasteiger partial charge in [-0.2, -0.15) is 0 Å². The number of fused-ring (bicyclic) bond motifs is 1. The smallest absolute Gasteiger partial charge is 0.0658 e. The Morgan fingerprint density at radius 3 is 3.00 bits per heavy atom. The van der Waals surface area contributed by atoms with Gasteiger partial charge in [-0.1, -0.05) is 0 Å². The molecule has 0 unspecified atom stereocenters. The molecule has 0 saturated heterocycles. The minimum atomic E-state index is 0.733. The molecule has 3 heteroatoms. The van der Waals surface area contributed by atoms with Crippen LogP contribution in [0.3, 0.4) is 0 Å². The first-order chi connectivity index (χ1) is 6.36. The van der Waals surface area contributed by atoms with E-state index in [0.29, 0.717) is 0 Å². The fourth-order valence-electron chi connectivity index (χ4n) is 1.73. The van der Waals surface area contributed by atoms with Crippen LogP contribution in [-0.2, 0) is 0 Å². The second-order valence-electron chi connectivity index (χ2n) is 3.51. The van der Waals surface area contributed by atoms with E-state index in [-0.39, 0.29) is 0 Å². The monoisotopic (exact) mass is 236 g/mol. The first-order valence-corrected chi connectivity index (χ1v) is 5.25. The second-order valence-corrected chi connectivity index (χ2v) is 4.37. The minimum Gasteiger partial charge on any atom is -0.343 e. The maximum absolute atomic E-state index is 4.15. The molecular formula is C10H9BrN2. The molecule has 66 valence electrons. The van der Waals surface area contributed by atoms with Crippen LogP contribution in [0.4, 0.5) is 0 Å². The molecule has 0 N–H and O–H groups in total. The van der Waals surface area contributed by atoms with E-state index in [4.69, 9.17) is 0 Å². The van der Waals surface area contributed by atoms with Crippen molar-refractivity contribution in [3.8, 4) is 0 Å². The second kappa shape index (κ2) is 2.58. The molecule has 0 spiro atoms. The highest BCUT2D eigenvalue weighted by Gasteiger charge is 2.24. The third-order valence-corrected chi connectivity index (χ3v) is 3.09. The van der Waals surface area contributed by atoms with E-state index in [0.717, 1.165) is 10.5 Å². The van der Waals surface area contributed by atoms with Crippen LogP contribution in [0.1, 0.15) is 18.9 Å². The number of hydrogen-bond donors (Lipinski definition) is 0. The van der Waals surface area contributed by atoms with E-state index < -0.39 is 0 Å². The summed E-state index contributed by atoms with van der Waals surface area (Å²) in [5, 5.41) is 1.22. The van der Waals surface area contributed by atoms with E-state index in [1.807, 2.05) is 12.4 Å². The Hall–Kier alpha value is -0.830. The summed E-state index contributed by atoms with van der Waals surface area (Å²) in [6.07, 6.45) is 8.58. The molecule has 1 aliphatic rings. The zero-order valence-electron chi connectivity index (χ0n) is 7.07. The quantitative estimate of drug-likeness (QED) is 0.744. The molecule has 1 saturated carbocycles. The van der Waals surface area contributed by atoms with Crippen molar-refractivity contribution in [3.05, 3.63) is 29.1 Å². The lowest BCUT2D eigenvalue weighted by molar-refractivity contribution is 0.774. The lowest BCUT2D eigenvalue weighted by atomic mass is 10.3. The number of pyridine rings is 1. The predicted octanol–water partition coefficient (Wildman–Crippen LogP) is 3.13. The van der Waals surface area contributed by atoms with Gasteiger partial charge in [0.1, 0.15) is 0 Å². The zero-order chi connectivity index (χ0) is 8.84. The highest BCUT2D eigenvalue weighted by molar-refractivity contribution is 9.10. The van der Waals surface area contributed by atoms with Crippen molar-refractivity contribution in [3.63, 3.8) is 0 Å². The first kappa shape index (κ1) is 7.56. The van der Waals surface area contributed by atoms with Gasteiger partial charge < -0.3 is 4.57 Å². The fourth-order valence-corrected chi connectivity index (χ4v) is 2.28. The average molecular weight is 237 g/mol. The van der Waals surface area contributed by atoms with Crippen LogP contribution in [0.25, 0.3) is 10.9 Å². The topological polar surface area (TPSA) is 17.8 Å². The standard InChI is InChI=1S/C10H9BrN2/c11-9-6-12-5-7-3-4-13(10(7)9)8-1-2-8/h3-6,8H,1-2H2. The predicted molar refractivity (Wildman–Crippen MR) is 55.7 cm³/mol. The Bertz CT molecular complexity index is 457. The molecule has 2 aromatic heterocycles. The molecule has 0 amide bonds. The van der Waals surface area contributed by atoms with Gasteiger partial charge in [0.2, 0.25) is 0 Å². The van der Waals surface area contributed by atoms with Crippen molar-refractivity contribution in [2.24, 2.45) is 0 Å². The minimum absolute atomic E-state index is 0.733. The maximum atomic E-state index is 4.15. The van der Waals surface area contributed by atoms with E-state index in [9.17, 15) is 0 Å². The fraction of sp³-hybridized carbons (Fsp3) is 0.300. The molecule has 2 nitrogen and oxygen atoms in total. The summed E-state index contributed by atoms with van der Waals surface area (Å²) in [4.78, 5) is 4.15. The first-order valence-electron chi connectivity index (χ1n) is 4.46. The Kier molecular flexibility index (Phi) is 1.50. The number of rotatable bonds is 1. The van der Waals surface area contributed by atoms with Gasteiger partial charge in [-0.25, -0.2) is 0 Å². The van der Waals surface area contributed by atoms with Crippen molar-refractivity contribution >= 4 is 26.8 Å². The molecule has 13 heavy (non-hydrogen) atoms. The lowest BCUT2D eigenvalue weighted by Gasteiger charge is -2.03. The Balaban J connectivity index is 2.34. The summed E-state index contributed by atoms with van der Waals surface area (Å²) in [6.45, 7) is 0. The van der Waals surface area contributed by atoms with Crippen molar-refractivity contribution in [2.45, 2.75) is 18.9 Å². The largest absolute Gasteiger partial charge is 0.343 e. The van der Waals surface area contributed by atoms with Crippen molar-refractivity contribution < 1.29 is 0 Å². The van der Waals surface area contributed by atoms with E-state index >= 15 is 0 Å². The summed E-state index contributed by atoms with van der Waals surface area (Å²) in [5.41, 5.74) is 1.29. The van der Waals surface area contributed by atoms with E-state index in [2.05, 4.69) is 37.7 Å². The molecule has 3 rings (SSSR count). The Morgan fingerprint density at radius 1 is 1.38 bits per heavy atom. The van der Waals surface area contributed by atoms with Gasteiger partial charge in [-0.05, 0) is 34.8 Å². The average Bonchev–Trinajstić information content (AvgIpc) is 2.87. The summed E-state index contributed by atoms with van der Waals surface area (Å²) in [7, 11) is 0. The molecule has 2 aromatic rings. The van der Waals surface area contributed by atoms with Crippen molar-refractivity contribution in [2.75, 3.05) is 0 Å². The SMILES string of the molecule is Brc1cncc2ccn(C3CC3)c12.